The predicted octanol–water partition coefficient (Wildman–Crippen LogP) is 5.25. The van der Waals surface area contributed by atoms with Gasteiger partial charge in [-0.05, 0) is 48.9 Å². The smallest absolute Gasteiger partial charge is 0.339 e. The summed E-state index contributed by atoms with van der Waals surface area (Å²) in [5.74, 6) is 0.804. The van der Waals surface area contributed by atoms with Crippen LogP contribution in [-0.4, -0.2) is 24.2 Å². The van der Waals surface area contributed by atoms with Gasteiger partial charge in [-0.2, -0.15) is 0 Å². The number of carbonyl (C=O) groups excluding carboxylic acids is 1. The summed E-state index contributed by atoms with van der Waals surface area (Å²) < 4.78 is 11.2. The molecule has 1 atom stereocenters. The molecule has 1 heterocycles. The van der Waals surface area contributed by atoms with Crippen LogP contribution in [0.15, 0.2) is 48.5 Å². The Morgan fingerprint density at radius 1 is 1.14 bits per heavy atom. The van der Waals surface area contributed by atoms with E-state index in [2.05, 4.69) is 6.92 Å². The van der Waals surface area contributed by atoms with Crippen LogP contribution in [-0.2, 0) is 17.6 Å². The van der Waals surface area contributed by atoms with Crippen LogP contribution in [0.2, 0.25) is 5.02 Å². The lowest BCUT2D eigenvalue weighted by Crippen LogP contribution is -2.20. The summed E-state index contributed by atoms with van der Waals surface area (Å²) in [6, 6.07) is 15.0. The van der Waals surface area contributed by atoms with Crippen LogP contribution < -0.4 is 4.74 Å². The largest absolute Gasteiger partial charge is 0.488 e. The molecule has 144 valence electrons. The van der Waals surface area contributed by atoms with E-state index in [1.807, 2.05) is 36.4 Å². The molecular weight excluding hydrogens is 374 g/mol. The quantitative estimate of drug-likeness (QED) is 0.437. The van der Waals surface area contributed by atoms with Crippen LogP contribution in [0, 0.1) is 5.92 Å². The molecule has 1 aliphatic rings. The summed E-state index contributed by atoms with van der Waals surface area (Å²) in [7, 11) is 0. The molecule has 4 rings (SSSR count). The Balaban J connectivity index is 1.53. The van der Waals surface area contributed by atoms with Gasteiger partial charge in [0.25, 0.3) is 0 Å². The fraction of sp³-hybridized carbons (Fsp3) is 0.304. The zero-order valence-corrected chi connectivity index (χ0v) is 16.5. The monoisotopic (exact) mass is 395 g/mol. The number of aromatic nitrogens is 1. The fourth-order valence-electron chi connectivity index (χ4n) is 3.72. The first kappa shape index (κ1) is 18.8. The second kappa shape index (κ2) is 8.19. The minimum atomic E-state index is -0.313. The lowest BCUT2D eigenvalue weighted by Gasteiger charge is -2.24. The number of fused-ring (bicyclic) bond motifs is 2. The molecule has 1 aliphatic carbocycles. The zero-order chi connectivity index (χ0) is 19.5. The third-order valence-electron chi connectivity index (χ3n) is 5.12. The molecule has 0 aliphatic heterocycles. The van der Waals surface area contributed by atoms with Gasteiger partial charge in [0.15, 0.2) is 0 Å². The van der Waals surface area contributed by atoms with E-state index in [9.17, 15) is 4.79 Å². The zero-order valence-electron chi connectivity index (χ0n) is 15.8. The number of hydrogen-bond donors (Lipinski definition) is 0. The molecule has 0 fully saturated rings. The number of esters is 1. The Bertz CT molecular complexity index is 1020. The summed E-state index contributed by atoms with van der Waals surface area (Å²) in [5, 5.41) is 1.39. The van der Waals surface area contributed by atoms with E-state index < -0.39 is 0 Å². The molecular formula is C23H22ClNO3. The number of hydrogen-bond acceptors (Lipinski definition) is 4. The lowest BCUT2D eigenvalue weighted by atomic mass is 9.84. The molecule has 5 heteroatoms. The Morgan fingerprint density at radius 3 is 2.79 bits per heavy atom. The molecule has 3 aromatic rings. The van der Waals surface area contributed by atoms with Crippen molar-refractivity contribution in [3.63, 3.8) is 0 Å². The van der Waals surface area contributed by atoms with Crippen molar-refractivity contribution in [3.8, 4) is 5.75 Å². The van der Waals surface area contributed by atoms with Crippen molar-refractivity contribution in [1.82, 2.24) is 4.98 Å². The molecule has 1 aromatic heterocycles. The van der Waals surface area contributed by atoms with E-state index in [-0.39, 0.29) is 19.2 Å². The van der Waals surface area contributed by atoms with E-state index >= 15 is 0 Å². The van der Waals surface area contributed by atoms with Gasteiger partial charge in [0.2, 0.25) is 0 Å². The molecule has 2 aromatic carbocycles. The van der Waals surface area contributed by atoms with Crippen molar-refractivity contribution in [2.75, 3.05) is 13.2 Å². The highest BCUT2D eigenvalue weighted by molar-refractivity contribution is 6.32. The van der Waals surface area contributed by atoms with Gasteiger partial charge in [-0.15, -0.1) is 0 Å². The molecule has 28 heavy (non-hydrogen) atoms. The highest BCUT2D eigenvalue weighted by Crippen LogP contribution is 2.32. The van der Waals surface area contributed by atoms with Crippen LogP contribution in [0.5, 0.6) is 5.75 Å². The van der Waals surface area contributed by atoms with Gasteiger partial charge in [-0.1, -0.05) is 48.9 Å². The van der Waals surface area contributed by atoms with Gasteiger partial charge in [0.05, 0.1) is 16.1 Å². The number of carbonyl (C=O) groups is 1. The van der Waals surface area contributed by atoms with Crippen molar-refractivity contribution < 1.29 is 14.3 Å². The number of rotatable bonds is 5. The SMILES string of the molecule is C[C@H]1CCc2nc3ccccc3c(C(=O)OCCOc3ccccc3Cl)c2C1. The first-order valence-corrected chi connectivity index (χ1v) is 9.96. The van der Waals surface area contributed by atoms with E-state index in [0.717, 1.165) is 41.4 Å². The van der Waals surface area contributed by atoms with Gasteiger partial charge in [0, 0.05) is 11.1 Å². The topological polar surface area (TPSA) is 48.4 Å². The third kappa shape index (κ3) is 3.83. The van der Waals surface area contributed by atoms with E-state index in [1.165, 1.54) is 0 Å². The summed E-state index contributed by atoms with van der Waals surface area (Å²) >= 11 is 6.08. The van der Waals surface area contributed by atoms with Gasteiger partial charge in [0.1, 0.15) is 19.0 Å². The van der Waals surface area contributed by atoms with E-state index in [1.54, 1.807) is 12.1 Å². The maximum absolute atomic E-state index is 13.0. The van der Waals surface area contributed by atoms with Crippen molar-refractivity contribution in [2.45, 2.75) is 26.2 Å². The molecule has 0 radical (unpaired) electrons. The fourth-order valence-corrected chi connectivity index (χ4v) is 3.91. The molecule has 0 N–H and O–H groups in total. The highest BCUT2D eigenvalue weighted by Gasteiger charge is 2.26. The summed E-state index contributed by atoms with van der Waals surface area (Å²) in [6.07, 6.45) is 2.85. The Labute approximate surface area is 169 Å². The summed E-state index contributed by atoms with van der Waals surface area (Å²) in [5.41, 5.74) is 3.56. The van der Waals surface area contributed by atoms with Crippen molar-refractivity contribution in [2.24, 2.45) is 5.92 Å². The maximum atomic E-state index is 13.0. The molecule has 0 saturated heterocycles. The number of benzene rings is 2. The number of ether oxygens (including phenoxy) is 2. The van der Waals surface area contributed by atoms with Crippen LogP contribution in [0.25, 0.3) is 10.9 Å². The minimum Gasteiger partial charge on any atom is -0.488 e. The number of para-hydroxylation sites is 2. The number of halogens is 1. The maximum Gasteiger partial charge on any atom is 0.339 e. The Morgan fingerprint density at radius 2 is 1.93 bits per heavy atom. The minimum absolute atomic E-state index is 0.158. The molecule has 0 amide bonds. The lowest BCUT2D eigenvalue weighted by molar-refractivity contribution is 0.0451. The first-order valence-electron chi connectivity index (χ1n) is 9.58. The normalized spacial score (nSPS) is 15.9. The van der Waals surface area contributed by atoms with Crippen molar-refractivity contribution in [1.29, 1.82) is 0 Å². The third-order valence-corrected chi connectivity index (χ3v) is 5.43. The number of nitrogens with zero attached hydrogens (tertiary/aromatic N) is 1. The average Bonchev–Trinajstić information content (AvgIpc) is 2.70. The predicted molar refractivity (Wildman–Crippen MR) is 110 cm³/mol. The van der Waals surface area contributed by atoms with Crippen LogP contribution in [0.4, 0.5) is 0 Å². The number of pyridine rings is 1. The van der Waals surface area contributed by atoms with Crippen LogP contribution in [0.1, 0.15) is 35.0 Å². The number of aryl methyl sites for hydroxylation is 1. The molecule has 0 spiro atoms. The van der Waals surface area contributed by atoms with E-state index in [0.29, 0.717) is 22.3 Å². The Kier molecular flexibility index (Phi) is 5.49. The van der Waals surface area contributed by atoms with E-state index in [4.69, 9.17) is 26.1 Å². The molecule has 0 unspecified atom stereocenters. The summed E-state index contributed by atoms with van der Waals surface area (Å²) in [4.78, 5) is 17.8. The van der Waals surface area contributed by atoms with Crippen molar-refractivity contribution in [3.05, 3.63) is 70.4 Å². The summed E-state index contributed by atoms with van der Waals surface area (Å²) in [6.45, 7) is 2.62. The second-order valence-corrected chi connectivity index (χ2v) is 7.60. The van der Waals surface area contributed by atoms with Gasteiger partial charge >= 0.3 is 5.97 Å². The average molecular weight is 396 g/mol. The van der Waals surface area contributed by atoms with Gasteiger partial charge in [-0.3, -0.25) is 4.98 Å². The van der Waals surface area contributed by atoms with Gasteiger partial charge in [-0.25, -0.2) is 4.79 Å². The van der Waals surface area contributed by atoms with Crippen LogP contribution >= 0.6 is 11.6 Å². The van der Waals surface area contributed by atoms with Gasteiger partial charge < -0.3 is 9.47 Å². The molecule has 0 bridgehead atoms. The standard InChI is InChI=1S/C23H22ClNO3/c1-15-10-11-20-17(14-15)22(16-6-2-4-8-19(16)25-20)23(26)28-13-12-27-21-9-5-3-7-18(21)24/h2-9,15H,10-14H2,1H3/t15-/m0/s1. The highest BCUT2D eigenvalue weighted by atomic mass is 35.5. The first-order chi connectivity index (χ1) is 13.6. The second-order valence-electron chi connectivity index (χ2n) is 7.19. The Hall–Kier alpha value is -2.59. The molecule has 4 nitrogen and oxygen atoms in total. The molecule has 0 saturated carbocycles. The van der Waals surface area contributed by atoms with Crippen molar-refractivity contribution >= 4 is 28.5 Å². The van der Waals surface area contributed by atoms with Crippen LogP contribution in [0.3, 0.4) is 0 Å².